The molecule has 0 saturated carbocycles. The molecule has 0 saturated heterocycles. The average Bonchev–Trinajstić information content (AvgIpc) is 2.37. The van der Waals surface area contributed by atoms with E-state index in [0.717, 1.165) is 11.6 Å². The van der Waals surface area contributed by atoms with Crippen LogP contribution < -0.4 is 11.1 Å². The lowest BCUT2D eigenvalue weighted by Crippen LogP contribution is -2.12. The van der Waals surface area contributed by atoms with Gasteiger partial charge in [0.05, 0.1) is 5.02 Å². The van der Waals surface area contributed by atoms with Crippen molar-refractivity contribution in [2.45, 2.75) is 6.92 Å². The van der Waals surface area contributed by atoms with Crippen molar-refractivity contribution in [3.8, 4) is 0 Å². The summed E-state index contributed by atoms with van der Waals surface area (Å²) >= 11 is 5.63. The molecule has 2 aromatic rings. The molecular formula is C14H12ClFN2O. The Bertz CT molecular complexity index is 643. The third-order valence-electron chi connectivity index (χ3n) is 2.72. The highest BCUT2D eigenvalue weighted by atomic mass is 35.5. The standard InChI is InChI=1S/C14H12ClFN2O/c1-8-2-4-10(7-13(8)17)18-14(19)9-3-5-12(16)11(15)6-9/h2-7H,17H2,1H3,(H,18,19). The summed E-state index contributed by atoms with van der Waals surface area (Å²) < 4.78 is 13.0. The number of carbonyl (C=O) groups excluding carboxylic acids is 1. The van der Waals surface area contributed by atoms with Crippen LogP contribution >= 0.6 is 11.6 Å². The fourth-order valence-electron chi connectivity index (χ4n) is 1.56. The lowest BCUT2D eigenvalue weighted by Gasteiger charge is -2.08. The first kappa shape index (κ1) is 13.4. The quantitative estimate of drug-likeness (QED) is 0.824. The van der Waals surface area contributed by atoms with Gasteiger partial charge in [0.2, 0.25) is 0 Å². The molecule has 0 aliphatic carbocycles. The highest BCUT2D eigenvalue weighted by molar-refractivity contribution is 6.31. The summed E-state index contributed by atoms with van der Waals surface area (Å²) in [6.45, 7) is 1.88. The zero-order valence-corrected chi connectivity index (χ0v) is 11.0. The fourth-order valence-corrected chi connectivity index (χ4v) is 1.74. The van der Waals surface area contributed by atoms with Crippen LogP contribution in [0.1, 0.15) is 15.9 Å². The lowest BCUT2D eigenvalue weighted by molar-refractivity contribution is 0.102. The summed E-state index contributed by atoms with van der Waals surface area (Å²) in [5.74, 6) is -0.928. The van der Waals surface area contributed by atoms with E-state index in [1.54, 1.807) is 12.1 Å². The molecule has 0 aliphatic heterocycles. The van der Waals surface area contributed by atoms with Crippen LogP contribution in [0.2, 0.25) is 5.02 Å². The smallest absolute Gasteiger partial charge is 0.255 e. The van der Waals surface area contributed by atoms with Gasteiger partial charge in [-0.05, 0) is 42.8 Å². The zero-order chi connectivity index (χ0) is 14.0. The number of nitrogen functional groups attached to an aromatic ring is 1. The number of nitrogens with one attached hydrogen (secondary N) is 1. The number of carbonyl (C=O) groups is 1. The summed E-state index contributed by atoms with van der Waals surface area (Å²) in [5, 5.41) is 2.59. The molecule has 1 amide bonds. The van der Waals surface area contributed by atoms with Crippen molar-refractivity contribution < 1.29 is 9.18 Å². The van der Waals surface area contributed by atoms with Crippen molar-refractivity contribution in [3.05, 3.63) is 58.4 Å². The number of hydrogen-bond donors (Lipinski definition) is 2. The minimum atomic E-state index is -0.558. The largest absolute Gasteiger partial charge is 0.398 e. The summed E-state index contributed by atoms with van der Waals surface area (Å²) in [7, 11) is 0. The van der Waals surface area contributed by atoms with Gasteiger partial charge in [0, 0.05) is 16.9 Å². The molecule has 0 bridgehead atoms. The Balaban J connectivity index is 2.20. The van der Waals surface area contributed by atoms with Crippen molar-refractivity contribution >= 4 is 28.9 Å². The van der Waals surface area contributed by atoms with Gasteiger partial charge < -0.3 is 11.1 Å². The van der Waals surface area contributed by atoms with Crippen molar-refractivity contribution in [3.63, 3.8) is 0 Å². The second-order valence-corrected chi connectivity index (χ2v) is 4.56. The van der Waals surface area contributed by atoms with Gasteiger partial charge in [-0.25, -0.2) is 4.39 Å². The molecule has 19 heavy (non-hydrogen) atoms. The van der Waals surface area contributed by atoms with E-state index in [1.807, 2.05) is 13.0 Å². The number of amides is 1. The van der Waals surface area contributed by atoms with Crippen LogP contribution in [-0.4, -0.2) is 5.91 Å². The Labute approximate surface area is 115 Å². The molecule has 0 unspecified atom stereocenters. The van der Waals surface area contributed by atoms with Crippen LogP contribution in [0, 0.1) is 12.7 Å². The average molecular weight is 279 g/mol. The van der Waals surface area contributed by atoms with Gasteiger partial charge >= 0.3 is 0 Å². The van der Waals surface area contributed by atoms with Gasteiger partial charge in [-0.3, -0.25) is 4.79 Å². The van der Waals surface area contributed by atoms with E-state index >= 15 is 0 Å². The molecule has 0 heterocycles. The number of benzene rings is 2. The molecule has 0 aromatic heterocycles. The van der Waals surface area contributed by atoms with E-state index in [1.165, 1.54) is 12.1 Å². The number of hydrogen-bond acceptors (Lipinski definition) is 2. The summed E-state index contributed by atoms with van der Waals surface area (Å²) in [6, 6.07) is 9.02. The highest BCUT2D eigenvalue weighted by Gasteiger charge is 2.09. The lowest BCUT2D eigenvalue weighted by atomic mass is 10.1. The number of aryl methyl sites for hydroxylation is 1. The van der Waals surface area contributed by atoms with Gasteiger partial charge in [-0.15, -0.1) is 0 Å². The van der Waals surface area contributed by atoms with E-state index in [4.69, 9.17) is 17.3 Å². The summed E-state index contributed by atoms with van der Waals surface area (Å²) in [4.78, 5) is 11.9. The molecule has 3 N–H and O–H groups in total. The molecule has 2 aromatic carbocycles. The Morgan fingerprint density at radius 3 is 2.63 bits per heavy atom. The Morgan fingerprint density at radius 1 is 1.26 bits per heavy atom. The third-order valence-corrected chi connectivity index (χ3v) is 3.01. The first-order valence-corrected chi connectivity index (χ1v) is 5.97. The SMILES string of the molecule is Cc1ccc(NC(=O)c2ccc(F)c(Cl)c2)cc1N. The normalized spacial score (nSPS) is 10.3. The number of halogens is 2. The minimum absolute atomic E-state index is 0.0870. The van der Waals surface area contributed by atoms with Crippen LogP contribution in [0.3, 0.4) is 0 Å². The summed E-state index contributed by atoms with van der Waals surface area (Å²) in [5.41, 5.74) is 8.14. The van der Waals surface area contributed by atoms with Crippen LogP contribution in [0.5, 0.6) is 0 Å². The van der Waals surface area contributed by atoms with Crippen LogP contribution in [0.25, 0.3) is 0 Å². The van der Waals surface area contributed by atoms with Gasteiger partial charge in [0.25, 0.3) is 5.91 Å². The van der Waals surface area contributed by atoms with E-state index in [0.29, 0.717) is 11.4 Å². The van der Waals surface area contributed by atoms with Crippen molar-refractivity contribution in [1.29, 1.82) is 0 Å². The molecule has 3 nitrogen and oxygen atoms in total. The highest BCUT2D eigenvalue weighted by Crippen LogP contribution is 2.19. The molecule has 0 spiro atoms. The van der Waals surface area contributed by atoms with Gasteiger partial charge in [0.15, 0.2) is 0 Å². The molecule has 5 heteroatoms. The predicted octanol–water partition coefficient (Wildman–Crippen LogP) is 3.62. The van der Waals surface area contributed by atoms with E-state index in [9.17, 15) is 9.18 Å². The molecular weight excluding hydrogens is 267 g/mol. The Kier molecular flexibility index (Phi) is 3.71. The van der Waals surface area contributed by atoms with Crippen molar-refractivity contribution in [2.75, 3.05) is 11.1 Å². The maximum atomic E-state index is 13.0. The molecule has 0 aliphatic rings. The summed E-state index contributed by atoms with van der Waals surface area (Å²) in [6.07, 6.45) is 0. The van der Waals surface area contributed by atoms with Gasteiger partial charge in [0.1, 0.15) is 5.82 Å². The second-order valence-electron chi connectivity index (χ2n) is 4.15. The van der Waals surface area contributed by atoms with E-state index in [2.05, 4.69) is 5.32 Å². The van der Waals surface area contributed by atoms with Crippen LogP contribution in [0.15, 0.2) is 36.4 Å². The monoisotopic (exact) mass is 278 g/mol. The Morgan fingerprint density at radius 2 is 2.00 bits per heavy atom. The number of rotatable bonds is 2. The fraction of sp³-hybridized carbons (Fsp3) is 0.0714. The van der Waals surface area contributed by atoms with Crippen molar-refractivity contribution in [2.24, 2.45) is 0 Å². The molecule has 98 valence electrons. The maximum absolute atomic E-state index is 13.0. The number of anilines is 2. The third kappa shape index (κ3) is 3.03. The van der Waals surface area contributed by atoms with Crippen LogP contribution in [0.4, 0.5) is 15.8 Å². The zero-order valence-electron chi connectivity index (χ0n) is 10.2. The number of nitrogens with two attached hydrogens (primary N) is 1. The predicted molar refractivity (Wildman–Crippen MR) is 75.0 cm³/mol. The first-order chi connectivity index (χ1) is 8.97. The Hall–Kier alpha value is -2.07. The molecule has 0 atom stereocenters. The van der Waals surface area contributed by atoms with Crippen LogP contribution in [-0.2, 0) is 0 Å². The molecule has 0 fully saturated rings. The maximum Gasteiger partial charge on any atom is 0.255 e. The van der Waals surface area contributed by atoms with E-state index in [-0.39, 0.29) is 16.5 Å². The molecule has 0 radical (unpaired) electrons. The topological polar surface area (TPSA) is 55.1 Å². The molecule has 2 rings (SSSR count). The van der Waals surface area contributed by atoms with Gasteiger partial charge in [-0.1, -0.05) is 17.7 Å². The first-order valence-electron chi connectivity index (χ1n) is 5.60. The minimum Gasteiger partial charge on any atom is -0.398 e. The second kappa shape index (κ2) is 5.28. The van der Waals surface area contributed by atoms with E-state index < -0.39 is 5.82 Å². The van der Waals surface area contributed by atoms with Gasteiger partial charge in [-0.2, -0.15) is 0 Å². The van der Waals surface area contributed by atoms with Crippen molar-refractivity contribution in [1.82, 2.24) is 0 Å².